The van der Waals surface area contributed by atoms with Crippen LogP contribution in [0.3, 0.4) is 0 Å². The second kappa shape index (κ2) is 7.13. The van der Waals surface area contributed by atoms with Crippen molar-refractivity contribution < 1.29 is 13.2 Å². The molecule has 0 aliphatic carbocycles. The number of methoxy groups -OCH3 is 1. The molecule has 22 heavy (non-hydrogen) atoms. The van der Waals surface area contributed by atoms with Gasteiger partial charge in [0.15, 0.2) is 0 Å². The third kappa shape index (κ3) is 4.73. The Bertz CT molecular complexity index is 742. The molecular weight excluding hydrogens is 322 g/mol. The van der Waals surface area contributed by atoms with E-state index >= 15 is 0 Å². The molecule has 0 fully saturated rings. The third-order valence-electron chi connectivity index (χ3n) is 3.19. The first-order chi connectivity index (χ1) is 10.4. The van der Waals surface area contributed by atoms with Gasteiger partial charge in [-0.1, -0.05) is 41.4 Å². The van der Waals surface area contributed by atoms with Crippen molar-refractivity contribution in [2.75, 3.05) is 7.11 Å². The van der Waals surface area contributed by atoms with Crippen LogP contribution in [0.4, 0.5) is 0 Å². The third-order valence-corrected chi connectivity index (χ3v) is 4.74. The Kier molecular flexibility index (Phi) is 5.45. The Balaban J connectivity index is 2.06. The Labute approximate surface area is 136 Å². The molecule has 0 aliphatic rings. The van der Waals surface area contributed by atoms with E-state index in [9.17, 15) is 8.42 Å². The molecule has 0 bridgehead atoms. The van der Waals surface area contributed by atoms with Crippen LogP contribution in [0.15, 0.2) is 42.5 Å². The molecule has 0 saturated heterocycles. The summed E-state index contributed by atoms with van der Waals surface area (Å²) in [5.41, 5.74) is 2.54. The van der Waals surface area contributed by atoms with Crippen molar-refractivity contribution in [3.63, 3.8) is 0 Å². The van der Waals surface area contributed by atoms with Gasteiger partial charge >= 0.3 is 0 Å². The van der Waals surface area contributed by atoms with Crippen LogP contribution in [0.2, 0.25) is 5.02 Å². The van der Waals surface area contributed by atoms with Gasteiger partial charge in [-0.15, -0.1) is 0 Å². The minimum Gasteiger partial charge on any atom is -0.496 e. The molecule has 0 heterocycles. The average Bonchev–Trinajstić information content (AvgIpc) is 2.48. The molecule has 2 rings (SSSR count). The van der Waals surface area contributed by atoms with Crippen LogP contribution in [-0.4, -0.2) is 15.5 Å². The normalized spacial score (nSPS) is 11.4. The summed E-state index contributed by atoms with van der Waals surface area (Å²) in [5, 5.41) is 0.582. The second-order valence-corrected chi connectivity index (χ2v) is 7.27. The number of rotatable bonds is 6. The second-order valence-electron chi connectivity index (χ2n) is 5.02. The van der Waals surface area contributed by atoms with E-state index in [0.29, 0.717) is 16.3 Å². The van der Waals surface area contributed by atoms with E-state index in [0.717, 1.165) is 11.1 Å². The summed E-state index contributed by atoms with van der Waals surface area (Å²) in [6, 6.07) is 12.4. The Morgan fingerprint density at radius 2 is 1.82 bits per heavy atom. The van der Waals surface area contributed by atoms with Gasteiger partial charge in [0.2, 0.25) is 10.0 Å². The van der Waals surface area contributed by atoms with Crippen molar-refractivity contribution in [3.8, 4) is 5.75 Å². The standard InChI is InChI=1S/C16H18ClNO3S/c1-12-3-8-16(21-2)14(9-12)10-18-22(19,20)11-13-4-6-15(17)7-5-13/h3-9,18H,10-11H2,1-2H3. The van der Waals surface area contributed by atoms with Crippen LogP contribution in [0.5, 0.6) is 5.75 Å². The summed E-state index contributed by atoms with van der Waals surface area (Å²) in [7, 11) is -1.87. The summed E-state index contributed by atoms with van der Waals surface area (Å²) in [4.78, 5) is 0. The molecule has 4 nitrogen and oxygen atoms in total. The van der Waals surface area contributed by atoms with E-state index in [4.69, 9.17) is 16.3 Å². The van der Waals surface area contributed by atoms with Crippen molar-refractivity contribution in [3.05, 3.63) is 64.2 Å². The van der Waals surface area contributed by atoms with E-state index in [1.807, 2.05) is 25.1 Å². The molecule has 2 aromatic carbocycles. The fraction of sp³-hybridized carbons (Fsp3) is 0.250. The number of hydrogen-bond donors (Lipinski definition) is 1. The van der Waals surface area contributed by atoms with E-state index < -0.39 is 10.0 Å². The summed E-state index contributed by atoms with van der Waals surface area (Å²) >= 11 is 5.79. The minimum absolute atomic E-state index is 0.0850. The smallest absolute Gasteiger partial charge is 0.216 e. The average molecular weight is 340 g/mol. The zero-order chi connectivity index (χ0) is 16.2. The number of nitrogens with one attached hydrogen (secondary N) is 1. The van der Waals surface area contributed by atoms with Crippen LogP contribution in [-0.2, 0) is 22.3 Å². The van der Waals surface area contributed by atoms with Crippen LogP contribution >= 0.6 is 11.6 Å². The molecule has 0 radical (unpaired) electrons. The molecule has 0 aliphatic heterocycles. The Morgan fingerprint density at radius 3 is 2.45 bits per heavy atom. The Hall–Kier alpha value is -1.56. The van der Waals surface area contributed by atoms with Crippen molar-refractivity contribution in [1.82, 2.24) is 4.72 Å². The van der Waals surface area contributed by atoms with E-state index in [-0.39, 0.29) is 12.3 Å². The molecule has 1 N–H and O–H groups in total. The maximum Gasteiger partial charge on any atom is 0.216 e. The van der Waals surface area contributed by atoms with E-state index in [1.54, 1.807) is 31.4 Å². The molecule has 0 unspecified atom stereocenters. The van der Waals surface area contributed by atoms with Gasteiger partial charge in [-0.2, -0.15) is 0 Å². The molecule has 0 aromatic heterocycles. The maximum absolute atomic E-state index is 12.2. The van der Waals surface area contributed by atoms with Gasteiger partial charge in [0.25, 0.3) is 0 Å². The predicted molar refractivity (Wildman–Crippen MR) is 88.6 cm³/mol. The molecule has 0 amide bonds. The van der Waals surface area contributed by atoms with Gasteiger partial charge in [-0.25, -0.2) is 13.1 Å². The number of benzene rings is 2. The van der Waals surface area contributed by atoms with Gasteiger partial charge < -0.3 is 4.74 Å². The molecule has 0 saturated carbocycles. The quantitative estimate of drug-likeness (QED) is 0.878. The summed E-state index contributed by atoms with van der Waals surface area (Å²) in [6.07, 6.45) is 0. The zero-order valence-electron chi connectivity index (χ0n) is 12.5. The first-order valence-corrected chi connectivity index (χ1v) is 8.78. The van der Waals surface area contributed by atoms with Gasteiger partial charge in [0, 0.05) is 17.1 Å². The topological polar surface area (TPSA) is 55.4 Å². The van der Waals surface area contributed by atoms with Crippen molar-refractivity contribution >= 4 is 21.6 Å². The number of sulfonamides is 1. The molecule has 118 valence electrons. The highest BCUT2D eigenvalue weighted by Crippen LogP contribution is 2.20. The number of ether oxygens (including phenoxy) is 1. The first kappa shape index (κ1) is 16.8. The number of aryl methyl sites for hydroxylation is 1. The highest BCUT2D eigenvalue weighted by atomic mass is 35.5. The predicted octanol–water partition coefficient (Wildman–Crippen LogP) is 3.28. The number of hydrogen-bond acceptors (Lipinski definition) is 3. The molecule has 6 heteroatoms. The fourth-order valence-corrected chi connectivity index (χ4v) is 3.32. The van der Waals surface area contributed by atoms with Crippen LogP contribution in [0, 0.1) is 6.92 Å². The molecular formula is C16H18ClNO3S. The first-order valence-electron chi connectivity index (χ1n) is 6.75. The van der Waals surface area contributed by atoms with Gasteiger partial charge in [-0.05, 0) is 30.7 Å². The maximum atomic E-state index is 12.2. The van der Waals surface area contributed by atoms with Crippen molar-refractivity contribution in [2.24, 2.45) is 0 Å². The van der Waals surface area contributed by atoms with E-state index in [2.05, 4.69) is 4.72 Å². The Morgan fingerprint density at radius 1 is 1.14 bits per heavy atom. The van der Waals surface area contributed by atoms with Crippen LogP contribution in [0.25, 0.3) is 0 Å². The fourth-order valence-electron chi connectivity index (χ4n) is 2.08. The molecule has 0 spiro atoms. The zero-order valence-corrected chi connectivity index (χ0v) is 14.0. The van der Waals surface area contributed by atoms with E-state index in [1.165, 1.54) is 0 Å². The van der Waals surface area contributed by atoms with Gasteiger partial charge in [0.05, 0.1) is 12.9 Å². The molecule has 0 atom stereocenters. The largest absolute Gasteiger partial charge is 0.496 e. The van der Waals surface area contributed by atoms with Crippen LogP contribution in [0.1, 0.15) is 16.7 Å². The monoisotopic (exact) mass is 339 g/mol. The van der Waals surface area contributed by atoms with Crippen LogP contribution < -0.4 is 9.46 Å². The van der Waals surface area contributed by atoms with Crippen molar-refractivity contribution in [1.29, 1.82) is 0 Å². The highest BCUT2D eigenvalue weighted by Gasteiger charge is 2.13. The SMILES string of the molecule is COc1ccc(C)cc1CNS(=O)(=O)Cc1ccc(Cl)cc1. The summed E-state index contributed by atoms with van der Waals surface area (Å²) in [5.74, 6) is 0.581. The molecule has 2 aromatic rings. The van der Waals surface area contributed by atoms with Crippen molar-refractivity contribution in [2.45, 2.75) is 19.2 Å². The summed E-state index contributed by atoms with van der Waals surface area (Å²) in [6.45, 7) is 2.14. The lowest BCUT2D eigenvalue weighted by molar-refractivity contribution is 0.409. The lowest BCUT2D eigenvalue weighted by atomic mass is 10.1. The van der Waals surface area contributed by atoms with Gasteiger partial charge in [-0.3, -0.25) is 0 Å². The summed E-state index contributed by atoms with van der Waals surface area (Å²) < 4.78 is 32.2. The minimum atomic E-state index is -3.43. The van der Waals surface area contributed by atoms with Gasteiger partial charge in [0.1, 0.15) is 5.75 Å². The number of halogens is 1. The lowest BCUT2D eigenvalue weighted by Gasteiger charge is -2.11. The lowest BCUT2D eigenvalue weighted by Crippen LogP contribution is -2.25. The highest BCUT2D eigenvalue weighted by molar-refractivity contribution is 7.88.